The molecule has 0 aromatic rings. The molecule has 0 bridgehead atoms. The van der Waals surface area contributed by atoms with Gasteiger partial charge in [-0.2, -0.15) is 9.98 Å². The Morgan fingerprint density at radius 1 is 1.33 bits per heavy atom. The molecule has 0 radical (unpaired) electrons. The van der Waals surface area contributed by atoms with E-state index < -0.39 is 31.0 Å². The third kappa shape index (κ3) is 7.30. The molecule has 0 amide bonds. The van der Waals surface area contributed by atoms with E-state index in [1.54, 1.807) is 13.0 Å². The lowest BCUT2D eigenvalue weighted by atomic mass is 10.2. The fraction of sp³-hybridized carbons (Fsp3) is 0.857. The van der Waals surface area contributed by atoms with Gasteiger partial charge in [-0.1, -0.05) is 13.3 Å². The van der Waals surface area contributed by atoms with Crippen LogP contribution in [0.15, 0.2) is 0 Å². The van der Waals surface area contributed by atoms with E-state index in [9.17, 15) is 16.8 Å². The molecule has 6 nitrogen and oxygen atoms in total. The minimum Gasteiger partial charge on any atom is -0.228 e. The number of hydrogen-bond donors (Lipinski definition) is 1. The molecule has 0 aromatic carbocycles. The van der Waals surface area contributed by atoms with Crippen LogP contribution in [0.2, 0.25) is 0 Å². The van der Waals surface area contributed by atoms with Crippen LogP contribution in [-0.4, -0.2) is 34.2 Å². The molecule has 0 saturated heterocycles. The molecular weight excluding hydrogens is 240 g/mol. The average Bonchev–Trinajstić information content (AvgIpc) is 1.98. The lowest BCUT2D eigenvalue weighted by Gasteiger charge is -2.09. The van der Waals surface area contributed by atoms with Gasteiger partial charge in [-0.25, -0.2) is 16.8 Å². The summed E-state index contributed by atoms with van der Waals surface area (Å²) in [5, 5.41) is 7.61. The summed E-state index contributed by atoms with van der Waals surface area (Å²) < 4.78 is 46.1. The normalized spacial score (nSPS) is 14.5. The lowest BCUT2D eigenvalue weighted by Crippen LogP contribution is -2.37. The topological polar surface area (TPSA) is 104 Å². The SMILES string of the molecule is CCCC(C#N)NS(=O)(=O)CS(C)(=O)=O. The number of nitrogens with zero attached hydrogens (tertiary/aromatic N) is 1. The highest BCUT2D eigenvalue weighted by Gasteiger charge is 2.21. The number of rotatable bonds is 6. The quantitative estimate of drug-likeness (QED) is 0.694. The van der Waals surface area contributed by atoms with Gasteiger partial charge in [-0.3, -0.25) is 0 Å². The molecule has 0 heterocycles. The third-order valence-electron chi connectivity index (χ3n) is 1.42. The van der Waals surface area contributed by atoms with Crippen LogP contribution in [0.4, 0.5) is 0 Å². The van der Waals surface area contributed by atoms with Gasteiger partial charge in [0.05, 0.1) is 6.07 Å². The van der Waals surface area contributed by atoms with E-state index >= 15 is 0 Å². The fourth-order valence-electron chi connectivity index (χ4n) is 0.971. The zero-order valence-electron chi connectivity index (χ0n) is 8.60. The predicted octanol–water partition coefficient (Wildman–Crippen LogP) is -0.400. The largest absolute Gasteiger partial charge is 0.228 e. The van der Waals surface area contributed by atoms with Crippen molar-refractivity contribution in [1.82, 2.24) is 4.72 Å². The Hall–Kier alpha value is -0.650. The molecule has 0 aromatic heterocycles. The van der Waals surface area contributed by atoms with Crippen LogP contribution in [0.25, 0.3) is 0 Å². The van der Waals surface area contributed by atoms with Gasteiger partial charge < -0.3 is 0 Å². The second-order valence-electron chi connectivity index (χ2n) is 3.25. The third-order valence-corrected chi connectivity index (χ3v) is 5.02. The van der Waals surface area contributed by atoms with Gasteiger partial charge >= 0.3 is 0 Å². The van der Waals surface area contributed by atoms with E-state index in [2.05, 4.69) is 0 Å². The number of nitriles is 1. The Morgan fingerprint density at radius 2 is 1.87 bits per heavy atom. The Balaban J connectivity index is 4.59. The van der Waals surface area contributed by atoms with Gasteiger partial charge in [-0.05, 0) is 6.42 Å². The van der Waals surface area contributed by atoms with Crippen LogP contribution in [0.3, 0.4) is 0 Å². The molecule has 0 spiro atoms. The van der Waals surface area contributed by atoms with Gasteiger partial charge in [-0.15, -0.1) is 0 Å². The lowest BCUT2D eigenvalue weighted by molar-refractivity contribution is 0.564. The highest BCUT2D eigenvalue weighted by atomic mass is 32.3. The van der Waals surface area contributed by atoms with Crippen LogP contribution in [0.1, 0.15) is 19.8 Å². The van der Waals surface area contributed by atoms with Crippen molar-refractivity contribution in [1.29, 1.82) is 5.26 Å². The standard InChI is InChI=1S/C7H14N2O4S2/c1-3-4-7(5-8)9-15(12,13)6-14(2,10)11/h7,9H,3-4,6H2,1-2H3. The Bertz CT molecular complexity index is 432. The summed E-state index contributed by atoms with van der Waals surface area (Å²) in [5.41, 5.74) is 0. The van der Waals surface area contributed by atoms with Crippen LogP contribution in [0, 0.1) is 11.3 Å². The summed E-state index contributed by atoms with van der Waals surface area (Å²) in [6.07, 6.45) is 1.83. The minimum absolute atomic E-state index is 0.361. The summed E-state index contributed by atoms with van der Waals surface area (Å²) in [5.74, 6) is 0. The molecule has 0 aliphatic rings. The maximum Gasteiger partial charge on any atom is 0.227 e. The summed E-state index contributed by atoms with van der Waals surface area (Å²) in [7, 11) is -7.54. The van der Waals surface area contributed by atoms with E-state index in [-0.39, 0.29) is 0 Å². The number of sulfone groups is 1. The first kappa shape index (κ1) is 14.3. The molecule has 15 heavy (non-hydrogen) atoms. The van der Waals surface area contributed by atoms with Crippen molar-refractivity contribution in [3.8, 4) is 6.07 Å². The molecule has 1 unspecified atom stereocenters. The Labute approximate surface area is 90.3 Å². The zero-order chi connectivity index (χ0) is 12.1. The first-order chi connectivity index (χ1) is 6.70. The monoisotopic (exact) mass is 254 g/mol. The highest BCUT2D eigenvalue weighted by Crippen LogP contribution is 2.00. The van der Waals surface area contributed by atoms with Crippen LogP contribution >= 0.6 is 0 Å². The number of hydrogen-bond acceptors (Lipinski definition) is 5. The Kier molecular flexibility index (Phi) is 5.20. The van der Waals surface area contributed by atoms with E-state index in [4.69, 9.17) is 5.26 Å². The second-order valence-corrected chi connectivity index (χ2v) is 7.51. The number of nitrogens with one attached hydrogen (secondary N) is 1. The van der Waals surface area contributed by atoms with Crippen molar-refractivity contribution < 1.29 is 16.8 Å². The second kappa shape index (κ2) is 5.44. The van der Waals surface area contributed by atoms with E-state index in [0.717, 1.165) is 6.26 Å². The molecule has 1 atom stereocenters. The van der Waals surface area contributed by atoms with Crippen molar-refractivity contribution in [2.75, 3.05) is 11.3 Å². The maximum atomic E-state index is 11.2. The smallest absolute Gasteiger partial charge is 0.227 e. The van der Waals surface area contributed by atoms with Gasteiger partial charge in [0.15, 0.2) is 14.9 Å². The number of sulfonamides is 1. The molecule has 0 rings (SSSR count). The van der Waals surface area contributed by atoms with Gasteiger partial charge in [0, 0.05) is 6.26 Å². The van der Waals surface area contributed by atoms with Crippen LogP contribution < -0.4 is 4.72 Å². The molecule has 1 N–H and O–H groups in total. The zero-order valence-corrected chi connectivity index (χ0v) is 10.2. The minimum atomic E-state index is -3.93. The van der Waals surface area contributed by atoms with Crippen molar-refractivity contribution in [2.45, 2.75) is 25.8 Å². The van der Waals surface area contributed by atoms with E-state index in [1.165, 1.54) is 0 Å². The van der Waals surface area contributed by atoms with Gasteiger partial charge in [0.25, 0.3) is 0 Å². The maximum absolute atomic E-state index is 11.2. The molecule has 0 fully saturated rings. The summed E-state index contributed by atoms with van der Waals surface area (Å²) in [6, 6.07) is 0.900. The summed E-state index contributed by atoms with van der Waals surface area (Å²) in [6.45, 7) is 1.80. The first-order valence-corrected chi connectivity index (χ1v) is 7.99. The van der Waals surface area contributed by atoms with E-state index in [1.807, 2.05) is 4.72 Å². The van der Waals surface area contributed by atoms with Crippen molar-refractivity contribution in [2.24, 2.45) is 0 Å². The average molecular weight is 254 g/mol. The summed E-state index contributed by atoms with van der Waals surface area (Å²) >= 11 is 0. The van der Waals surface area contributed by atoms with Crippen molar-refractivity contribution in [3.05, 3.63) is 0 Å². The van der Waals surface area contributed by atoms with Gasteiger partial charge in [0.1, 0.15) is 6.04 Å². The molecule has 0 aliphatic heterocycles. The van der Waals surface area contributed by atoms with Crippen molar-refractivity contribution in [3.63, 3.8) is 0 Å². The molecule has 0 saturated carbocycles. The van der Waals surface area contributed by atoms with E-state index in [0.29, 0.717) is 12.8 Å². The molecule has 0 aliphatic carbocycles. The fourth-order valence-corrected chi connectivity index (χ4v) is 4.10. The molecule has 8 heteroatoms. The van der Waals surface area contributed by atoms with Gasteiger partial charge in [0.2, 0.25) is 10.0 Å². The highest BCUT2D eigenvalue weighted by molar-refractivity contribution is 8.06. The van der Waals surface area contributed by atoms with Crippen LogP contribution in [0.5, 0.6) is 0 Å². The molecule has 88 valence electrons. The first-order valence-electron chi connectivity index (χ1n) is 4.27. The summed E-state index contributed by atoms with van der Waals surface area (Å²) in [4.78, 5) is 0. The van der Waals surface area contributed by atoms with Crippen LogP contribution in [-0.2, 0) is 19.9 Å². The predicted molar refractivity (Wildman–Crippen MR) is 56.1 cm³/mol. The van der Waals surface area contributed by atoms with Crippen molar-refractivity contribution >= 4 is 19.9 Å². The Morgan fingerprint density at radius 3 is 2.20 bits per heavy atom. The molecular formula is C7H14N2O4S2.